The lowest BCUT2D eigenvalue weighted by Crippen LogP contribution is -1.87. The van der Waals surface area contributed by atoms with Gasteiger partial charge in [0.25, 0.3) is 0 Å². The molecule has 6 heteroatoms. The average molecular weight is 369 g/mol. The molecule has 0 aromatic carbocycles. The molecule has 0 aliphatic heterocycles. The monoisotopic (exact) mass is 369 g/mol. The van der Waals surface area contributed by atoms with Crippen molar-refractivity contribution in [3.8, 4) is 22.4 Å². The zero-order valence-electron chi connectivity index (χ0n) is 9.13. The number of hydrogen-bond donors (Lipinski definition) is 1. The molecule has 3 heterocycles. The molecule has 0 radical (unpaired) electrons. The van der Waals surface area contributed by atoms with Crippen molar-refractivity contribution in [2.75, 3.05) is 5.73 Å². The first-order valence-electron chi connectivity index (χ1n) is 5.15. The van der Waals surface area contributed by atoms with Crippen LogP contribution in [-0.2, 0) is 0 Å². The maximum Gasteiger partial charge on any atom is 0.230 e. The molecule has 3 aromatic heterocycles. The Morgan fingerprint density at radius 2 is 2.00 bits per heavy atom. The van der Waals surface area contributed by atoms with Gasteiger partial charge in [-0.25, -0.2) is 0 Å². The van der Waals surface area contributed by atoms with E-state index >= 15 is 0 Å². The number of halogens is 1. The Hall–Kier alpha value is -1.41. The van der Waals surface area contributed by atoms with E-state index in [1.807, 2.05) is 17.5 Å². The molecule has 0 saturated carbocycles. The molecule has 0 aliphatic carbocycles. The normalized spacial score (nSPS) is 10.7. The zero-order valence-corrected chi connectivity index (χ0v) is 12.1. The summed E-state index contributed by atoms with van der Waals surface area (Å²) in [6.45, 7) is 0. The first kappa shape index (κ1) is 11.7. The fraction of sp³-hybridized carbons (Fsp3) is 0. The number of thiophene rings is 1. The molecule has 0 unspecified atom stereocenters. The molecule has 0 amide bonds. The molecular weight excluding hydrogens is 361 g/mol. The summed E-state index contributed by atoms with van der Waals surface area (Å²) in [5.41, 5.74) is 9.45. The van der Waals surface area contributed by atoms with Crippen LogP contribution in [0.3, 0.4) is 0 Å². The van der Waals surface area contributed by atoms with Gasteiger partial charge < -0.3 is 10.3 Å². The van der Waals surface area contributed by atoms with Crippen molar-refractivity contribution in [1.29, 1.82) is 0 Å². The van der Waals surface area contributed by atoms with Gasteiger partial charge in [0.15, 0.2) is 0 Å². The molecule has 0 bridgehead atoms. The van der Waals surface area contributed by atoms with Crippen LogP contribution in [-0.4, -0.2) is 10.1 Å². The van der Waals surface area contributed by atoms with Crippen LogP contribution in [0.1, 0.15) is 0 Å². The van der Waals surface area contributed by atoms with Crippen LogP contribution in [0.15, 0.2) is 40.5 Å². The third-order valence-electron chi connectivity index (χ3n) is 2.53. The number of aromatic nitrogens is 2. The molecular formula is C12H8IN3OS. The molecule has 0 spiro atoms. The van der Waals surface area contributed by atoms with Gasteiger partial charge in [0.2, 0.25) is 5.88 Å². The van der Waals surface area contributed by atoms with E-state index in [1.165, 1.54) is 2.88 Å². The standard InChI is InChI=1S/C12H8IN3OS/c13-9-5-8(6-18-9)11-10(12(14)17-16-11)7-1-3-15-4-2-7/h1-6H,14H2. The maximum atomic E-state index is 5.87. The molecule has 4 nitrogen and oxygen atoms in total. The summed E-state index contributed by atoms with van der Waals surface area (Å²) < 4.78 is 6.32. The molecule has 18 heavy (non-hydrogen) atoms. The minimum atomic E-state index is 0.331. The van der Waals surface area contributed by atoms with E-state index in [2.05, 4.69) is 38.8 Å². The van der Waals surface area contributed by atoms with Gasteiger partial charge in [0.1, 0.15) is 5.69 Å². The van der Waals surface area contributed by atoms with Gasteiger partial charge in [0.05, 0.1) is 8.45 Å². The second-order valence-electron chi connectivity index (χ2n) is 3.65. The summed E-state index contributed by atoms with van der Waals surface area (Å²) in [7, 11) is 0. The number of hydrogen-bond acceptors (Lipinski definition) is 5. The van der Waals surface area contributed by atoms with Crippen LogP contribution in [0.5, 0.6) is 0 Å². The Bertz CT molecular complexity index is 678. The summed E-state index contributed by atoms with van der Waals surface area (Å²) in [5.74, 6) is 0.331. The van der Waals surface area contributed by atoms with Crippen molar-refractivity contribution in [2.24, 2.45) is 0 Å². The minimum Gasteiger partial charge on any atom is -0.367 e. The van der Waals surface area contributed by atoms with Crippen LogP contribution in [0.2, 0.25) is 0 Å². The summed E-state index contributed by atoms with van der Waals surface area (Å²) in [6.07, 6.45) is 3.45. The lowest BCUT2D eigenvalue weighted by atomic mass is 10.0. The minimum absolute atomic E-state index is 0.331. The number of nitrogen functional groups attached to an aromatic ring is 1. The number of pyridine rings is 1. The molecule has 3 aromatic rings. The fourth-order valence-corrected chi connectivity index (χ4v) is 3.06. The highest BCUT2D eigenvalue weighted by molar-refractivity contribution is 14.1. The first-order valence-corrected chi connectivity index (χ1v) is 7.11. The van der Waals surface area contributed by atoms with E-state index in [-0.39, 0.29) is 0 Å². The van der Waals surface area contributed by atoms with Crippen molar-refractivity contribution in [3.05, 3.63) is 38.9 Å². The van der Waals surface area contributed by atoms with E-state index in [0.29, 0.717) is 5.88 Å². The Kier molecular flexibility index (Phi) is 3.04. The van der Waals surface area contributed by atoms with Crippen LogP contribution in [0, 0.1) is 2.88 Å². The van der Waals surface area contributed by atoms with Crippen LogP contribution < -0.4 is 5.73 Å². The Morgan fingerprint density at radius 3 is 2.67 bits per heavy atom. The predicted octanol–water partition coefficient (Wildman–Crippen LogP) is 3.65. The predicted molar refractivity (Wildman–Crippen MR) is 80.2 cm³/mol. The molecule has 0 aliphatic rings. The summed E-state index contributed by atoms with van der Waals surface area (Å²) in [4.78, 5) is 4.00. The lowest BCUT2D eigenvalue weighted by molar-refractivity contribution is 0.439. The summed E-state index contributed by atoms with van der Waals surface area (Å²) >= 11 is 3.94. The van der Waals surface area contributed by atoms with Gasteiger partial charge in [-0.15, -0.1) is 11.3 Å². The van der Waals surface area contributed by atoms with Crippen molar-refractivity contribution in [1.82, 2.24) is 10.1 Å². The second-order valence-corrected chi connectivity index (χ2v) is 6.45. The molecule has 0 saturated heterocycles. The maximum absolute atomic E-state index is 5.87. The van der Waals surface area contributed by atoms with Gasteiger partial charge in [0, 0.05) is 23.3 Å². The SMILES string of the molecule is Nc1onc(-c2csc(I)c2)c1-c1ccncc1. The quantitative estimate of drug-likeness (QED) is 0.701. The molecule has 0 atom stereocenters. The van der Waals surface area contributed by atoms with E-state index in [1.54, 1.807) is 23.7 Å². The van der Waals surface area contributed by atoms with E-state index in [4.69, 9.17) is 10.3 Å². The van der Waals surface area contributed by atoms with E-state index in [0.717, 1.165) is 22.4 Å². The second kappa shape index (κ2) is 4.69. The molecule has 0 fully saturated rings. The summed E-state index contributed by atoms with van der Waals surface area (Å²) in [5, 5.41) is 6.10. The van der Waals surface area contributed by atoms with Crippen molar-refractivity contribution < 1.29 is 4.52 Å². The number of nitrogens with zero attached hydrogens (tertiary/aromatic N) is 2. The highest BCUT2D eigenvalue weighted by Crippen LogP contribution is 2.37. The van der Waals surface area contributed by atoms with Gasteiger partial charge in [-0.1, -0.05) is 5.16 Å². The molecule has 3 rings (SSSR count). The molecule has 90 valence electrons. The van der Waals surface area contributed by atoms with Gasteiger partial charge in [-0.3, -0.25) is 4.98 Å². The smallest absolute Gasteiger partial charge is 0.230 e. The van der Waals surface area contributed by atoms with Crippen LogP contribution in [0.25, 0.3) is 22.4 Å². The third kappa shape index (κ3) is 2.01. The number of rotatable bonds is 2. The largest absolute Gasteiger partial charge is 0.367 e. The topological polar surface area (TPSA) is 64.9 Å². The highest BCUT2D eigenvalue weighted by Gasteiger charge is 2.18. The Balaban J connectivity index is 2.18. The first-order chi connectivity index (χ1) is 8.75. The van der Waals surface area contributed by atoms with Crippen LogP contribution in [0.4, 0.5) is 5.88 Å². The van der Waals surface area contributed by atoms with Crippen molar-refractivity contribution in [2.45, 2.75) is 0 Å². The van der Waals surface area contributed by atoms with E-state index < -0.39 is 0 Å². The lowest BCUT2D eigenvalue weighted by Gasteiger charge is -2.00. The van der Waals surface area contributed by atoms with Crippen molar-refractivity contribution >= 4 is 39.8 Å². The number of nitrogens with two attached hydrogens (primary N) is 1. The van der Waals surface area contributed by atoms with E-state index in [9.17, 15) is 0 Å². The van der Waals surface area contributed by atoms with Gasteiger partial charge in [-0.2, -0.15) is 0 Å². The zero-order chi connectivity index (χ0) is 12.5. The van der Waals surface area contributed by atoms with Gasteiger partial charge >= 0.3 is 0 Å². The van der Waals surface area contributed by atoms with Crippen molar-refractivity contribution in [3.63, 3.8) is 0 Å². The summed E-state index contributed by atoms with van der Waals surface area (Å²) in [6, 6.07) is 5.85. The number of anilines is 1. The highest BCUT2D eigenvalue weighted by atomic mass is 127. The Morgan fingerprint density at radius 1 is 1.22 bits per heavy atom. The fourth-order valence-electron chi connectivity index (χ4n) is 1.73. The molecule has 2 N–H and O–H groups in total. The van der Waals surface area contributed by atoms with Crippen LogP contribution >= 0.6 is 33.9 Å². The Labute approximate surface area is 121 Å². The average Bonchev–Trinajstić information content (AvgIpc) is 2.96. The van der Waals surface area contributed by atoms with Gasteiger partial charge in [-0.05, 0) is 46.4 Å². The third-order valence-corrected chi connectivity index (χ3v) is 4.32.